The van der Waals surface area contributed by atoms with E-state index >= 15 is 0 Å². The van der Waals surface area contributed by atoms with Gasteiger partial charge >= 0.3 is 0 Å². The molecule has 1 N–H and O–H groups in total. The normalized spacial score (nSPS) is 17.5. The summed E-state index contributed by atoms with van der Waals surface area (Å²) in [5.41, 5.74) is 0. The van der Waals surface area contributed by atoms with Gasteiger partial charge in [-0.1, -0.05) is 45.7 Å². The van der Waals surface area contributed by atoms with Crippen molar-refractivity contribution < 1.29 is 0 Å². The third-order valence-electron chi connectivity index (χ3n) is 2.63. The Morgan fingerprint density at radius 2 is 1.64 bits per heavy atom. The van der Waals surface area contributed by atoms with Crippen molar-refractivity contribution in [1.29, 1.82) is 0 Å². The zero-order chi connectivity index (χ0) is 9.07. The summed E-state index contributed by atoms with van der Waals surface area (Å²) in [5, 5.41) is 0. The molecule has 1 unspecified atom stereocenters. The molecule has 0 aromatic heterocycles. The molecule has 0 aliphatic rings. The highest BCUT2D eigenvalue weighted by molar-refractivity contribution is 7.32. The molecular formula is C7H23NSi3. The lowest BCUT2D eigenvalue weighted by atomic mass is 11.0. The average molecular weight is 206 g/mol. The lowest BCUT2D eigenvalue weighted by Crippen LogP contribution is -2.61. The molecule has 0 aromatic carbocycles. The fourth-order valence-corrected chi connectivity index (χ4v) is 18.0. The van der Waals surface area contributed by atoms with Crippen molar-refractivity contribution in [1.82, 2.24) is 4.65 Å². The molecule has 0 saturated carbocycles. The van der Waals surface area contributed by atoms with Crippen LogP contribution in [0.25, 0.3) is 0 Å². The molecule has 0 aliphatic heterocycles. The number of rotatable bonds is 4. The zero-order valence-electron chi connectivity index (χ0n) is 8.86. The van der Waals surface area contributed by atoms with Crippen LogP contribution in [0.1, 0.15) is 6.92 Å². The molecule has 0 aromatic rings. The lowest BCUT2D eigenvalue weighted by molar-refractivity contribution is 1.28. The molecule has 0 rings (SSSR count). The van der Waals surface area contributed by atoms with E-state index in [9.17, 15) is 0 Å². The first-order valence-electron chi connectivity index (χ1n) is 4.70. The summed E-state index contributed by atoms with van der Waals surface area (Å²) in [6.07, 6.45) is 0. The van der Waals surface area contributed by atoms with Gasteiger partial charge in [-0.25, -0.2) is 0 Å². The van der Waals surface area contributed by atoms with Crippen LogP contribution < -0.4 is 4.65 Å². The Morgan fingerprint density at radius 1 is 1.18 bits per heavy atom. The monoisotopic (exact) mass is 205 g/mol. The maximum Gasteiger partial charge on any atom is 0.101 e. The minimum Gasteiger partial charge on any atom is -0.364 e. The zero-order valence-corrected chi connectivity index (χ0v) is 12.2. The van der Waals surface area contributed by atoms with Crippen LogP contribution in [0.5, 0.6) is 0 Å². The van der Waals surface area contributed by atoms with E-state index in [0.29, 0.717) is 0 Å². The highest BCUT2D eigenvalue weighted by atomic mass is 29.2. The van der Waals surface area contributed by atoms with Crippen molar-refractivity contribution in [2.45, 2.75) is 45.7 Å². The van der Waals surface area contributed by atoms with Crippen molar-refractivity contribution >= 4 is 25.0 Å². The Hall–Kier alpha value is 0.611. The molecule has 0 spiro atoms. The largest absolute Gasteiger partial charge is 0.364 e. The number of hydrogen-bond acceptors (Lipinski definition) is 1. The van der Waals surface area contributed by atoms with E-state index in [2.05, 4.69) is 44.3 Å². The van der Waals surface area contributed by atoms with Crippen molar-refractivity contribution in [2.75, 3.05) is 0 Å². The fourth-order valence-electron chi connectivity index (χ4n) is 1.34. The van der Waals surface area contributed by atoms with Crippen LogP contribution in [0, 0.1) is 0 Å². The minimum atomic E-state index is -0.913. The van der Waals surface area contributed by atoms with E-state index < -0.39 is 25.0 Å². The van der Waals surface area contributed by atoms with Gasteiger partial charge in [-0.05, 0) is 0 Å². The van der Waals surface area contributed by atoms with Gasteiger partial charge in [0.15, 0.2) is 0 Å². The van der Waals surface area contributed by atoms with Crippen LogP contribution in [-0.4, -0.2) is 25.0 Å². The van der Waals surface area contributed by atoms with Gasteiger partial charge in [-0.2, -0.15) is 0 Å². The second kappa shape index (κ2) is 4.59. The Balaban J connectivity index is 4.10. The second-order valence-electron chi connectivity index (χ2n) is 4.22. The molecule has 68 valence electrons. The average Bonchev–Trinajstić information content (AvgIpc) is 1.86. The van der Waals surface area contributed by atoms with Gasteiger partial charge in [0.2, 0.25) is 0 Å². The summed E-state index contributed by atoms with van der Waals surface area (Å²) in [6, 6.07) is 1.43. The SMILES string of the molecule is CC[Si](C)(N[SiH](C)C)[SiH](C)C. The predicted molar refractivity (Wildman–Crippen MR) is 63.0 cm³/mol. The molecule has 11 heavy (non-hydrogen) atoms. The molecule has 4 heteroatoms. The molecule has 0 amide bonds. The van der Waals surface area contributed by atoms with Gasteiger partial charge in [0, 0.05) is 8.31 Å². The second-order valence-corrected chi connectivity index (χ2v) is 20.8. The van der Waals surface area contributed by atoms with Crippen LogP contribution in [0.3, 0.4) is 0 Å². The topological polar surface area (TPSA) is 12.0 Å². The van der Waals surface area contributed by atoms with Gasteiger partial charge in [0.1, 0.15) is 7.75 Å². The molecular weight excluding hydrogens is 182 g/mol. The minimum absolute atomic E-state index is 0.394. The van der Waals surface area contributed by atoms with Gasteiger partial charge in [-0.3, -0.25) is 0 Å². The third kappa shape index (κ3) is 3.69. The fraction of sp³-hybridized carbons (Fsp3) is 1.00. The summed E-state index contributed by atoms with van der Waals surface area (Å²) in [4.78, 5) is 0. The Bertz CT molecular complexity index is 116. The van der Waals surface area contributed by atoms with Crippen LogP contribution in [-0.2, 0) is 0 Å². The smallest absolute Gasteiger partial charge is 0.101 e. The van der Waals surface area contributed by atoms with E-state index in [0.717, 1.165) is 0 Å². The van der Waals surface area contributed by atoms with Crippen molar-refractivity contribution in [3.63, 3.8) is 0 Å². The van der Waals surface area contributed by atoms with Crippen molar-refractivity contribution in [3.05, 3.63) is 0 Å². The van der Waals surface area contributed by atoms with Gasteiger partial charge in [-0.15, -0.1) is 0 Å². The molecule has 0 saturated heterocycles. The molecule has 0 bridgehead atoms. The summed E-state index contributed by atoms with van der Waals surface area (Å²) in [6.45, 7) is 14.7. The lowest BCUT2D eigenvalue weighted by Gasteiger charge is -2.32. The summed E-state index contributed by atoms with van der Waals surface area (Å²) in [5.74, 6) is 0. The van der Waals surface area contributed by atoms with E-state index in [-0.39, 0.29) is 0 Å². The highest BCUT2D eigenvalue weighted by Gasteiger charge is 2.29. The Morgan fingerprint density at radius 3 is 1.73 bits per heavy atom. The standard InChI is InChI=1S/C7H23NSi3/c1-7-11(6,10(4)5)8-9(2)3/h8-10H,7H2,1-6H3. The van der Waals surface area contributed by atoms with Crippen LogP contribution >= 0.6 is 0 Å². The molecule has 1 nitrogen and oxygen atoms in total. The highest BCUT2D eigenvalue weighted by Crippen LogP contribution is 2.09. The van der Waals surface area contributed by atoms with Crippen LogP contribution in [0.15, 0.2) is 0 Å². The maximum absolute atomic E-state index is 3.94. The van der Waals surface area contributed by atoms with E-state index in [1.807, 2.05) is 0 Å². The van der Waals surface area contributed by atoms with Gasteiger partial charge < -0.3 is 4.65 Å². The van der Waals surface area contributed by atoms with Crippen molar-refractivity contribution in [2.24, 2.45) is 0 Å². The first kappa shape index (κ1) is 11.6. The van der Waals surface area contributed by atoms with Crippen LogP contribution in [0.4, 0.5) is 0 Å². The molecule has 0 aliphatic carbocycles. The Kier molecular flexibility index (Phi) is 4.85. The first-order valence-corrected chi connectivity index (χ1v) is 14.4. The first-order chi connectivity index (χ1) is 4.92. The van der Waals surface area contributed by atoms with E-state index in [1.165, 1.54) is 6.04 Å². The number of hydrogen-bond donors (Lipinski definition) is 1. The van der Waals surface area contributed by atoms with Gasteiger partial charge in [0.05, 0.1) is 8.96 Å². The maximum atomic E-state index is 3.94. The quantitative estimate of drug-likeness (QED) is 0.689. The summed E-state index contributed by atoms with van der Waals surface area (Å²) >= 11 is 0. The van der Waals surface area contributed by atoms with Crippen LogP contribution in [0.2, 0.25) is 38.8 Å². The Labute approximate surface area is 75.8 Å². The van der Waals surface area contributed by atoms with E-state index in [4.69, 9.17) is 0 Å². The molecule has 0 heterocycles. The van der Waals surface area contributed by atoms with E-state index in [1.54, 1.807) is 0 Å². The number of nitrogens with one attached hydrogen (secondary N) is 1. The third-order valence-corrected chi connectivity index (χ3v) is 22.0. The van der Waals surface area contributed by atoms with Crippen molar-refractivity contribution in [3.8, 4) is 0 Å². The molecule has 1 atom stereocenters. The summed E-state index contributed by atoms with van der Waals surface area (Å²) in [7, 11) is -1.83. The molecule has 0 fully saturated rings. The van der Waals surface area contributed by atoms with Gasteiger partial charge in [0.25, 0.3) is 0 Å². The predicted octanol–water partition coefficient (Wildman–Crippen LogP) is 1.72. The summed E-state index contributed by atoms with van der Waals surface area (Å²) < 4.78 is 3.94. The molecule has 0 radical (unpaired) electrons.